The summed E-state index contributed by atoms with van der Waals surface area (Å²) in [4.78, 5) is 3.09. The highest BCUT2D eigenvalue weighted by Crippen LogP contribution is 2.25. The second-order valence-corrected chi connectivity index (χ2v) is 6.69. The van der Waals surface area contributed by atoms with Gasteiger partial charge in [-0.05, 0) is 18.2 Å². The van der Waals surface area contributed by atoms with E-state index < -0.39 is 10.0 Å². The molecule has 9 heteroatoms. The van der Waals surface area contributed by atoms with Crippen molar-refractivity contribution in [3.8, 4) is 0 Å². The SMILES string of the molecule is Cn1nncc1CNS(=O)(=O)c1c[nH]c2cc(Cl)ccc12. The van der Waals surface area contributed by atoms with Crippen LogP contribution in [0.2, 0.25) is 5.02 Å². The maximum absolute atomic E-state index is 12.4. The summed E-state index contributed by atoms with van der Waals surface area (Å²) < 4.78 is 28.8. The van der Waals surface area contributed by atoms with Crippen molar-refractivity contribution >= 4 is 32.5 Å². The first-order valence-corrected chi connectivity index (χ1v) is 7.93. The molecule has 0 fully saturated rings. The smallest absolute Gasteiger partial charge is 0.243 e. The Morgan fingerprint density at radius 3 is 2.95 bits per heavy atom. The Balaban J connectivity index is 1.91. The van der Waals surface area contributed by atoms with Gasteiger partial charge in [-0.2, -0.15) is 0 Å². The summed E-state index contributed by atoms with van der Waals surface area (Å²) in [5.41, 5.74) is 1.34. The first-order valence-electron chi connectivity index (χ1n) is 6.07. The second-order valence-electron chi connectivity index (χ2n) is 4.52. The molecule has 0 aliphatic rings. The number of rotatable bonds is 4. The van der Waals surface area contributed by atoms with Crippen molar-refractivity contribution in [1.29, 1.82) is 0 Å². The first-order chi connectivity index (χ1) is 9.97. The van der Waals surface area contributed by atoms with Crippen LogP contribution in [0.15, 0.2) is 35.5 Å². The molecule has 0 radical (unpaired) electrons. The number of aromatic nitrogens is 4. The molecule has 0 aliphatic carbocycles. The maximum Gasteiger partial charge on any atom is 0.243 e. The molecule has 2 N–H and O–H groups in total. The van der Waals surface area contributed by atoms with E-state index in [-0.39, 0.29) is 11.4 Å². The first kappa shape index (κ1) is 14.1. The topological polar surface area (TPSA) is 92.7 Å². The normalized spacial score (nSPS) is 12.1. The number of benzene rings is 1. The van der Waals surface area contributed by atoms with Gasteiger partial charge in [0, 0.05) is 29.2 Å². The van der Waals surface area contributed by atoms with E-state index >= 15 is 0 Å². The molecule has 2 heterocycles. The molecule has 0 aliphatic heterocycles. The Morgan fingerprint density at radius 2 is 2.24 bits per heavy atom. The number of aryl methyl sites for hydroxylation is 1. The fourth-order valence-electron chi connectivity index (χ4n) is 2.01. The van der Waals surface area contributed by atoms with Gasteiger partial charge in [-0.1, -0.05) is 16.8 Å². The second kappa shape index (κ2) is 5.14. The van der Waals surface area contributed by atoms with Crippen LogP contribution in [0.1, 0.15) is 5.69 Å². The third-order valence-electron chi connectivity index (χ3n) is 3.15. The van der Waals surface area contributed by atoms with Gasteiger partial charge in [0.15, 0.2) is 0 Å². The van der Waals surface area contributed by atoms with E-state index in [1.54, 1.807) is 25.2 Å². The van der Waals surface area contributed by atoms with Gasteiger partial charge in [0.25, 0.3) is 0 Å². The van der Waals surface area contributed by atoms with Crippen LogP contribution in [0.25, 0.3) is 10.9 Å². The Kier molecular flexibility index (Phi) is 3.44. The molecule has 0 saturated carbocycles. The lowest BCUT2D eigenvalue weighted by atomic mass is 10.2. The molecule has 1 aromatic carbocycles. The number of nitrogens with one attached hydrogen (secondary N) is 2. The number of hydrogen-bond acceptors (Lipinski definition) is 4. The van der Waals surface area contributed by atoms with Crippen LogP contribution >= 0.6 is 11.6 Å². The van der Waals surface area contributed by atoms with Gasteiger partial charge in [-0.25, -0.2) is 13.1 Å². The molecular weight excluding hydrogens is 314 g/mol. The van der Waals surface area contributed by atoms with Crippen LogP contribution < -0.4 is 4.72 Å². The number of H-pyrrole nitrogens is 1. The van der Waals surface area contributed by atoms with E-state index in [1.807, 2.05) is 0 Å². The Hall–Kier alpha value is -1.90. The molecule has 3 aromatic rings. The molecule has 2 aromatic heterocycles. The molecular formula is C12H12ClN5O2S. The van der Waals surface area contributed by atoms with Crippen LogP contribution in [0.5, 0.6) is 0 Å². The van der Waals surface area contributed by atoms with E-state index in [9.17, 15) is 8.42 Å². The molecule has 0 unspecified atom stereocenters. The summed E-state index contributed by atoms with van der Waals surface area (Å²) in [6.45, 7) is 0.117. The van der Waals surface area contributed by atoms with Crippen molar-refractivity contribution in [2.24, 2.45) is 7.05 Å². The van der Waals surface area contributed by atoms with Crippen molar-refractivity contribution in [3.63, 3.8) is 0 Å². The van der Waals surface area contributed by atoms with Gasteiger partial charge in [-0.15, -0.1) is 5.10 Å². The number of sulfonamides is 1. The Morgan fingerprint density at radius 1 is 1.43 bits per heavy atom. The van der Waals surface area contributed by atoms with Gasteiger partial charge in [0.05, 0.1) is 18.4 Å². The zero-order chi connectivity index (χ0) is 15.0. The number of aromatic amines is 1. The van der Waals surface area contributed by atoms with E-state index in [0.717, 1.165) is 0 Å². The summed E-state index contributed by atoms with van der Waals surface area (Å²) in [5.74, 6) is 0. The van der Waals surface area contributed by atoms with Crippen molar-refractivity contribution in [3.05, 3.63) is 41.3 Å². The molecule has 0 atom stereocenters. The predicted octanol–water partition coefficient (Wildman–Crippen LogP) is 1.43. The molecule has 21 heavy (non-hydrogen) atoms. The fourth-order valence-corrected chi connectivity index (χ4v) is 3.36. The average Bonchev–Trinajstić information content (AvgIpc) is 3.02. The number of nitrogens with zero attached hydrogens (tertiary/aromatic N) is 3. The Bertz CT molecular complexity index is 899. The van der Waals surface area contributed by atoms with Crippen molar-refractivity contribution in [1.82, 2.24) is 24.7 Å². The summed E-state index contributed by atoms with van der Waals surface area (Å²) in [6, 6.07) is 5.01. The molecule has 110 valence electrons. The van der Waals surface area contributed by atoms with E-state index in [2.05, 4.69) is 20.0 Å². The average molecular weight is 326 g/mol. The van der Waals surface area contributed by atoms with Crippen LogP contribution in [0, 0.1) is 0 Å². The van der Waals surface area contributed by atoms with Crippen molar-refractivity contribution in [2.75, 3.05) is 0 Å². The van der Waals surface area contributed by atoms with Crippen molar-refractivity contribution in [2.45, 2.75) is 11.4 Å². The molecule has 0 amide bonds. The predicted molar refractivity (Wildman–Crippen MR) is 78.3 cm³/mol. The van der Waals surface area contributed by atoms with Gasteiger partial charge in [-0.3, -0.25) is 4.68 Å². The third-order valence-corrected chi connectivity index (χ3v) is 4.82. The largest absolute Gasteiger partial charge is 0.360 e. The van der Waals surface area contributed by atoms with Gasteiger partial charge in [0.2, 0.25) is 10.0 Å². The summed E-state index contributed by atoms with van der Waals surface area (Å²) >= 11 is 5.89. The van der Waals surface area contributed by atoms with Crippen LogP contribution in [-0.4, -0.2) is 28.4 Å². The summed E-state index contributed by atoms with van der Waals surface area (Å²) in [5, 5.41) is 8.59. The minimum absolute atomic E-state index is 0.117. The fraction of sp³-hybridized carbons (Fsp3) is 0.167. The van der Waals surface area contributed by atoms with Gasteiger partial charge >= 0.3 is 0 Å². The molecule has 7 nitrogen and oxygen atoms in total. The molecule has 0 bridgehead atoms. The van der Waals surface area contributed by atoms with E-state index in [4.69, 9.17) is 11.6 Å². The highest BCUT2D eigenvalue weighted by Gasteiger charge is 2.19. The number of halogens is 1. The number of fused-ring (bicyclic) bond motifs is 1. The molecule has 0 saturated heterocycles. The minimum atomic E-state index is -3.64. The quantitative estimate of drug-likeness (QED) is 0.759. The summed E-state index contributed by atoms with van der Waals surface area (Å²) in [6.07, 6.45) is 2.96. The minimum Gasteiger partial charge on any atom is -0.360 e. The monoisotopic (exact) mass is 325 g/mol. The highest BCUT2D eigenvalue weighted by molar-refractivity contribution is 7.89. The lowest BCUT2D eigenvalue weighted by Crippen LogP contribution is -2.24. The Labute approximate surface area is 126 Å². The van der Waals surface area contributed by atoms with E-state index in [0.29, 0.717) is 21.6 Å². The zero-order valence-corrected chi connectivity index (χ0v) is 12.6. The third kappa shape index (κ3) is 2.65. The van der Waals surface area contributed by atoms with Gasteiger partial charge in [0.1, 0.15) is 4.90 Å². The zero-order valence-electron chi connectivity index (χ0n) is 11.0. The van der Waals surface area contributed by atoms with Crippen LogP contribution in [0.3, 0.4) is 0 Å². The molecule has 0 spiro atoms. The number of hydrogen-bond donors (Lipinski definition) is 2. The van der Waals surface area contributed by atoms with Gasteiger partial charge < -0.3 is 4.98 Å². The van der Waals surface area contributed by atoms with Crippen LogP contribution in [0.4, 0.5) is 0 Å². The lowest BCUT2D eigenvalue weighted by Gasteiger charge is -2.05. The maximum atomic E-state index is 12.4. The summed E-state index contributed by atoms with van der Waals surface area (Å²) in [7, 11) is -1.94. The standard InChI is InChI=1S/C12H12ClN5O2S/c1-18-9(5-15-17-18)6-16-21(19,20)12-7-14-11-4-8(13)2-3-10(11)12/h2-5,7,14,16H,6H2,1H3. The lowest BCUT2D eigenvalue weighted by molar-refractivity contribution is 0.577. The van der Waals surface area contributed by atoms with Crippen molar-refractivity contribution < 1.29 is 8.42 Å². The molecule has 3 rings (SSSR count). The van der Waals surface area contributed by atoms with E-state index in [1.165, 1.54) is 17.1 Å². The highest BCUT2D eigenvalue weighted by atomic mass is 35.5. The van der Waals surface area contributed by atoms with Crippen LogP contribution in [-0.2, 0) is 23.6 Å².